The molecule has 0 aliphatic rings. The molecule has 4 aromatic rings. The van der Waals surface area contributed by atoms with Gasteiger partial charge < -0.3 is 10.6 Å². The highest BCUT2D eigenvalue weighted by Crippen LogP contribution is 2.34. The summed E-state index contributed by atoms with van der Waals surface area (Å²) < 4.78 is 42.3. The van der Waals surface area contributed by atoms with Crippen LogP contribution in [-0.2, 0) is 17.5 Å². The average Bonchev–Trinajstić information content (AvgIpc) is 3.33. The molecular weight excluding hydrogens is 629 g/mol. The number of rotatable bonds is 9. The number of nitrogens with zero attached hydrogens (tertiary/aromatic N) is 4. The van der Waals surface area contributed by atoms with Gasteiger partial charge in [0.05, 0.1) is 28.5 Å². The number of carbonyl (C=O) groups excluding carboxylic acids is 2. The minimum atomic E-state index is -4.64. The first-order chi connectivity index (χ1) is 19.4. The second kappa shape index (κ2) is 12.5. The fourth-order valence-corrected chi connectivity index (χ4v) is 4.76. The summed E-state index contributed by atoms with van der Waals surface area (Å²) in [6.45, 7) is 1.45. The molecule has 15 heteroatoms. The van der Waals surface area contributed by atoms with Gasteiger partial charge in [0.2, 0.25) is 5.91 Å². The lowest BCUT2D eigenvalue weighted by Gasteiger charge is -2.14. The molecule has 4 rings (SSSR count). The first-order valence-corrected chi connectivity index (χ1v) is 13.5. The highest BCUT2D eigenvalue weighted by molar-refractivity contribution is 9.10. The smallest absolute Gasteiger partial charge is 0.345 e. The molecule has 0 atom stereocenters. The van der Waals surface area contributed by atoms with E-state index in [1.54, 1.807) is 35.8 Å². The summed E-state index contributed by atoms with van der Waals surface area (Å²) in [5.41, 5.74) is -0.422. The van der Waals surface area contributed by atoms with E-state index < -0.39 is 28.5 Å². The van der Waals surface area contributed by atoms with Crippen molar-refractivity contribution in [2.24, 2.45) is 0 Å². The molecule has 212 valence electrons. The summed E-state index contributed by atoms with van der Waals surface area (Å²) in [5.74, 6) is -1.25. The number of alkyl halides is 3. The van der Waals surface area contributed by atoms with Crippen molar-refractivity contribution in [2.75, 3.05) is 11.1 Å². The Bertz CT molecular complexity index is 1610. The van der Waals surface area contributed by atoms with Crippen molar-refractivity contribution < 1.29 is 27.7 Å². The number of nitrogens with one attached hydrogen (secondary N) is 2. The summed E-state index contributed by atoms with van der Waals surface area (Å²) in [4.78, 5) is 36.0. The molecule has 2 N–H and O–H groups in total. The Hall–Kier alpha value is -4.24. The Morgan fingerprint density at radius 3 is 2.46 bits per heavy atom. The fraction of sp³-hybridized carbons (Fsp3) is 0.154. The van der Waals surface area contributed by atoms with Crippen LogP contribution >= 0.6 is 27.7 Å². The van der Waals surface area contributed by atoms with Gasteiger partial charge in [-0.3, -0.25) is 24.3 Å². The molecule has 0 saturated carbocycles. The molecule has 0 fully saturated rings. The molecule has 0 radical (unpaired) electrons. The molecule has 1 heterocycles. The molecule has 1 aromatic heterocycles. The van der Waals surface area contributed by atoms with Crippen LogP contribution in [0.25, 0.3) is 5.69 Å². The molecule has 0 bridgehead atoms. The Labute approximate surface area is 243 Å². The molecule has 10 nitrogen and oxygen atoms in total. The van der Waals surface area contributed by atoms with Gasteiger partial charge in [-0.2, -0.15) is 13.2 Å². The topological polar surface area (TPSA) is 132 Å². The molecule has 0 unspecified atom stereocenters. The SMILES string of the molecule is Cc1ccc(C(=O)NCc2nnc(SCC(=O)Nc3ccccc3C(F)(F)F)n2-c2ccc(Br)cc2)cc1[N+](=O)[O-]. The molecular formula is C26H20BrF3N6O4S. The largest absolute Gasteiger partial charge is 0.418 e. The minimum absolute atomic E-state index is 0.0856. The number of nitro groups is 1. The number of carbonyl (C=O) groups is 2. The maximum Gasteiger partial charge on any atom is 0.418 e. The molecule has 2 amide bonds. The second-order valence-corrected chi connectivity index (χ2v) is 10.4. The van der Waals surface area contributed by atoms with E-state index in [1.165, 1.54) is 36.4 Å². The normalized spacial score (nSPS) is 11.2. The van der Waals surface area contributed by atoms with Crippen LogP contribution in [0.3, 0.4) is 0 Å². The summed E-state index contributed by atoms with van der Waals surface area (Å²) >= 11 is 4.30. The van der Waals surface area contributed by atoms with Crippen molar-refractivity contribution in [3.8, 4) is 5.69 Å². The van der Waals surface area contributed by atoms with Gasteiger partial charge in [0.1, 0.15) is 0 Å². The number of anilines is 1. The van der Waals surface area contributed by atoms with Crippen LogP contribution in [0.15, 0.2) is 76.4 Å². The third-order valence-electron chi connectivity index (χ3n) is 5.70. The Morgan fingerprint density at radius 2 is 1.78 bits per heavy atom. The van der Waals surface area contributed by atoms with Gasteiger partial charge >= 0.3 is 6.18 Å². The number of aromatic nitrogens is 3. The van der Waals surface area contributed by atoms with Crippen molar-refractivity contribution in [3.05, 3.63) is 104 Å². The van der Waals surface area contributed by atoms with Crippen LogP contribution in [0.2, 0.25) is 0 Å². The molecule has 0 aliphatic heterocycles. The van der Waals surface area contributed by atoms with Crippen molar-refractivity contribution >= 4 is 50.9 Å². The molecule has 0 spiro atoms. The average molecular weight is 649 g/mol. The first kappa shape index (κ1) is 29.7. The minimum Gasteiger partial charge on any atom is -0.345 e. The van der Waals surface area contributed by atoms with Crippen molar-refractivity contribution in [3.63, 3.8) is 0 Å². The third kappa shape index (κ3) is 7.29. The van der Waals surface area contributed by atoms with E-state index in [-0.39, 0.29) is 40.2 Å². The number of benzene rings is 3. The van der Waals surface area contributed by atoms with Gasteiger partial charge in [-0.25, -0.2) is 0 Å². The van der Waals surface area contributed by atoms with Crippen molar-refractivity contribution in [1.29, 1.82) is 0 Å². The number of nitro benzene ring substituents is 1. The predicted octanol–water partition coefficient (Wildman–Crippen LogP) is 5.93. The second-order valence-electron chi connectivity index (χ2n) is 8.53. The zero-order valence-corrected chi connectivity index (χ0v) is 23.5. The summed E-state index contributed by atoms with van der Waals surface area (Å²) in [6, 6.07) is 15.8. The number of para-hydroxylation sites is 1. The van der Waals surface area contributed by atoms with Crippen LogP contribution in [0.4, 0.5) is 24.5 Å². The van der Waals surface area contributed by atoms with Gasteiger partial charge in [-0.15, -0.1) is 10.2 Å². The molecule has 3 aromatic carbocycles. The van der Waals surface area contributed by atoms with Gasteiger partial charge in [0, 0.05) is 27.4 Å². The lowest BCUT2D eigenvalue weighted by Crippen LogP contribution is -2.25. The monoisotopic (exact) mass is 648 g/mol. The maximum atomic E-state index is 13.3. The molecule has 0 aliphatic carbocycles. The van der Waals surface area contributed by atoms with E-state index in [2.05, 4.69) is 36.8 Å². The van der Waals surface area contributed by atoms with E-state index in [0.717, 1.165) is 22.3 Å². The summed E-state index contributed by atoms with van der Waals surface area (Å²) in [7, 11) is 0. The summed E-state index contributed by atoms with van der Waals surface area (Å²) in [5, 5.41) is 24.7. The van der Waals surface area contributed by atoms with E-state index in [0.29, 0.717) is 11.3 Å². The standard InChI is InChI=1S/C26H20BrF3N6O4S/c1-15-6-7-16(12-21(15)36(39)40)24(38)31-13-22-33-34-25(35(22)18-10-8-17(27)9-11-18)41-14-23(37)32-20-5-3-2-4-19(20)26(28,29)30/h2-12H,13-14H2,1H3,(H,31,38)(H,32,37). The number of hydrogen-bond acceptors (Lipinski definition) is 7. The van der Waals surface area contributed by atoms with Crippen LogP contribution < -0.4 is 10.6 Å². The van der Waals surface area contributed by atoms with Crippen molar-refractivity contribution in [1.82, 2.24) is 20.1 Å². The molecule has 0 saturated heterocycles. The molecule has 41 heavy (non-hydrogen) atoms. The lowest BCUT2D eigenvalue weighted by atomic mass is 10.1. The van der Waals surface area contributed by atoms with Crippen LogP contribution in [-0.4, -0.2) is 37.3 Å². The highest BCUT2D eigenvalue weighted by atomic mass is 79.9. The fourth-order valence-electron chi connectivity index (χ4n) is 3.72. The number of aryl methyl sites for hydroxylation is 1. The first-order valence-electron chi connectivity index (χ1n) is 11.8. The van der Waals surface area contributed by atoms with Crippen LogP contribution in [0.1, 0.15) is 27.3 Å². The Balaban J connectivity index is 1.52. The quantitative estimate of drug-likeness (QED) is 0.131. The Morgan fingerprint density at radius 1 is 1.07 bits per heavy atom. The number of thioether (sulfide) groups is 1. The zero-order valence-electron chi connectivity index (χ0n) is 21.1. The third-order valence-corrected chi connectivity index (χ3v) is 7.16. The number of amides is 2. The van der Waals surface area contributed by atoms with Gasteiger partial charge in [0.15, 0.2) is 11.0 Å². The predicted molar refractivity (Wildman–Crippen MR) is 149 cm³/mol. The van der Waals surface area contributed by atoms with Gasteiger partial charge in [0.25, 0.3) is 11.6 Å². The van der Waals surface area contributed by atoms with E-state index in [9.17, 15) is 32.9 Å². The number of hydrogen-bond donors (Lipinski definition) is 2. The Kier molecular flexibility index (Phi) is 9.08. The summed E-state index contributed by atoms with van der Waals surface area (Å²) in [6.07, 6.45) is -4.64. The highest BCUT2D eigenvalue weighted by Gasteiger charge is 2.33. The van der Waals surface area contributed by atoms with Crippen LogP contribution in [0, 0.1) is 17.0 Å². The lowest BCUT2D eigenvalue weighted by molar-refractivity contribution is -0.385. The van der Waals surface area contributed by atoms with Crippen LogP contribution in [0.5, 0.6) is 0 Å². The van der Waals surface area contributed by atoms with Crippen molar-refractivity contribution in [2.45, 2.75) is 24.8 Å². The number of halogens is 4. The zero-order chi connectivity index (χ0) is 29.7. The van der Waals surface area contributed by atoms with E-state index >= 15 is 0 Å². The van der Waals surface area contributed by atoms with Gasteiger partial charge in [-0.05, 0) is 49.4 Å². The maximum absolute atomic E-state index is 13.3. The van der Waals surface area contributed by atoms with E-state index in [4.69, 9.17) is 0 Å². The van der Waals surface area contributed by atoms with E-state index in [1.807, 2.05) is 0 Å². The van der Waals surface area contributed by atoms with Gasteiger partial charge in [-0.1, -0.05) is 45.9 Å².